The van der Waals surface area contributed by atoms with Gasteiger partial charge < -0.3 is 0 Å². The summed E-state index contributed by atoms with van der Waals surface area (Å²) in [5, 5.41) is 0. The molecule has 1 aromatic carbocycles. The molecule has 1 aromatic rings. The van der Waals surface area contributed by atoms with Crippen LogP contribution in [0.3, 0.4) is 0 Å². The highest BCUT2D eigenvalue weighted by atomic mass is 28.1. The van der Waals surface area contributed by atoms with E-state index < -0.39 is 11.6 Å². The van der Waals surface area contributed by atoms with Crippen molar-refractivity contribution >= 4 is 10.2 Å². The van der Waals surface area contributed by atoms with Gasteiger partial charge in [-0.15, -0.1) is 0 Å². The summed E-state index contributed by atoms with van der Waals surface area (Å²) in [6.45, 7) is 1.50. The van der Waals surface area contributed by atoms with Crippen LogP contribution in [0.2, 0.25) is 6.04 Å². The van der Waals surface area contributed by atoms with Crippen LogP contribution in [-0.4, -0.2) is 10.2 Å². The number of rotatable bonds is 7. The number of hydrogen-bond acceptors (Lipinski definition) is 0. The normalized spacial score (nSPS) is 29.1. The van der Waals surface area contributed by atoms with Crippen LogP contribution in [0.4, 0.5) is 8.78 Å². The van der Waals surface area contributed by atoms with Crippen LogP contribution < -0.4 is 0 Å². The first-order valence-electron chi connectivity index (χ1n) is 11.5. The fraction of sp³-hybridized carbons (Fsp3) is 0.750. The van der Waals surface area contributed by atoms with E-state index in [9.17, 15) is 8.78 Å². The molecule has 27 heavy (non-hydrogen) atoms. The molecular formula is C24H38F2Si. The summed E-state index contributed by atoms with van der Waals surface area (Å²) >= 11 is 0. The first-order valence-corrected chi connectivity index (χ1v) is 12.9. The van der Waals surface area contributed by atoms with E-state index in [1.54, 1.807) is 0 Å². The quantitative estimate of drug-likeness (QED) is 0.373. The third-order valence-electron chi connectivity index (χ3n) is 7.70. The van der Waals surface area contributed by atoms with Gasteiger partial charge in [0.25, 0.3) is 0 Å². The summed E-state index contributed by atoms with van der Waals surface area (Å²) in [4.78, 5) is 0. The Balaban J connectivity index is 1.32. The molecule has 0 spiro atoms. The zero-order chi connectivity index (χ0) is 19.2. The summed E-state index contributed by atoms with van der Waals surface area (Å²) in [6, 6.07) is 4.54. The Kier molecular flexibility index (Phi) is 7.93. The van der Waals surface area contributed by atoms with Gasteiger partial charge in [-0.3, -0.25) is 0 Å². The molecule has 0 aliphatic heterocycles. The highest BCUT2D eigenvalue weighted by molar-refractivity contribution is 6.08. The Hall–Kier alpha value is -0.703. The predicted octanol–water partition coefficient (Wildman–Crippen LogP) is 6.38. The number of unbranched alkanes of at least 4 members (excludes halogenated alkanes) is 1. The first kappa shape index (κ1) is 21.0. The van der Waals surface area contributed by atoms with E-state index in [0.29, 0.717) is 0 Å². The Labute approximate surface area is 167 Å². The molecule has 152 valence electrons. The molecule has 0 heterocycles. The van der Waals surface area contributed by atoms with Crippen LogP contribution in [0.25, 0.3) is 0 Å². The number of aryl methyl sites for hydroxylation is 1. The van der Waals surface area contributed by atoms with Crippen molar-refractivity contribution in [1.82, 2.24) is 0 Å². The standard InChI is InChI=1S/C24H38F2Si/c1-17-23(25)14-20(15-24(17)26)5-3-2-4-18-6-10-21(11-7-18)22-12-8-19(16-27)9-13-22/h14-15,18-19,21-22H,2-13,16H2,1,27H3. The van der Waals surface area contributed by atoms with Crippen molar-refractivity contribution in [3.63, 3.8) is 0 Å². The van der Waals surface area contributed by atoms with Gasteiger partial charge in [-0.1, -0.05) is 44.6 Å². The minimum atomic E-state index is -0.404. The molecular weight excluding hydrogens is 354 g/mol. The maximum absolute atomic E-state index is 13.6. The first-order chi connectivity index (χ1) is 13.1. The van der Waals surface area contributed by atoms with Crippen LogP contribution in [0.1, 0.15) is 81.8 Å². The van der Waals surface area contributed by atoms with Crippen LogP contribution in [0, 0.1) is 42.2 Å². The molecule has 3 heteroatoms. The molecule has 0 nitrogen and oxygen atoms in total. The van der Waals surface area contributed by atoms with Gasteiger partial charge in [0.15, 0.2) is 0 Å². The van der Waals surface area contributed by atoms with E-state index in [0.717, 1.165) is 42.1 Å². The van der Waals surface area contributed by atoms with Crippen LogP contribution in [0.5, 0.6) is 0 Å². The number of benzene rings is 1. The van der Waals surface area contributed by atoms with Gasteiger partial charge >= 0.3 is 0 Å². The highest BCUT2D eigenvalue weighted by Crippen LogP contribution is 2.42. The summed E-state index contributed by atoms with van der Waals surface area (Å²) in [5.74, 6) is 3.19. The SMILES string of the molecule is Cc1c(F)cc(CCCCC2CCC(C3CCC(C[SiH3])CC3)CC2)cc1F. The zero-order valence-electron chi connectivity index (χ0n) is 17.4. The summed E-state index contributed by atoms with van der Waals surface area (Å²) in [7, 11) is 1.38. The smallest absolute Gasteiger partial charge is 0.129 e. The Morgan fingerprint density at radius 1 is 0.815 bits per heavy atom. The van der Waals surface area contributed by atoms with E-state index in [2.05, 4.69) is 0 Å². The van der Waals surface area contributed by atoms with E-state index in [1.807, 2.05) is 0 Å². The minimum absolute atomic E-state index is 0.139. The molecule has 0 radical (unpaired) electrons. The Morgan fingerprint density at radius 3 is 1.85 bits per heavy atom. The lowest BCUT2D eigenvalue weighted by Gasteiger charge is -2.37. The van der Waals surface area contributed by atoms with Gasteiger partial charge in [-0.2, -0.15) is 0 Å². The molecule has 0 unspecified atom stereocenters. The second kappa shape index (κ2) is 10.2. The lowest BCUT2D eigenvalue weighted by atomic mass is 9.69. The average molecular weight is 393 g/mol. The molecule has 2 fully saturated rings. The van der Waals surface area contributed by atoms with Gasteiger partial charge in [0.2, 0.25) is 0 Å². The van der Waals surface area contributed by atoms with Gasteiger partial charge in [-0.25, -0.2) is 8.78 Å². The topological polar surface area (TPSA) is 0 Å². The summed E-state index contributed by atoms with van der Waals surface area (Å²) in [6.07, 6.45) is 16.1. The van der Waals surface area contributed by atoms with E-state index in [1.165, 1.54) is 99.6 Å². The fourth-order valence-electron chi connectivity index (χ4n) is 5.62. The lowest BCUT2D eigenvalue weighted by molar-refractivity contribution is 0.147. The van der Waals surface area contributed by atoms with Gasteiger partial charge in [0.05, 0.1) is 0 Å². The van der Waals surface area contributed by atoms with Crippen molar-refractivity contribution in [3.8, 4) is 0 Å². The highest BCUT2D eigenvalue weighted by Gasteiger charge is 2.30. The van der Waals surface area contributed by atoms with E-state index >= 15 is 0 Å². The summed E-state index contributed by atoms with van der Waals surface area (Å²) < 4.78 is 27.3. The number of hydrogen-bond donors (Lipinski definition) is 0. The van der Waals surface area contributed by atoms with Gasteiger partial charge in [0, 0.05) is 15.8 Å². The summed E-state index contributed by atoms with van der Waals surface area (Å²) in [5.41, 5.74) is 0.949. The molecule has 0 saturated heterocycles. The third-order valence-corrected chi connectivity index (χ3v) is 8.85. The van der Waals surface area contributed by atoms with Crippen molar-refractivity contribution in [2.24, 2.45) is 23.7 Å². The molecule has 0 amide bonds. The molecule has 0 atom stereocenters. The third kappa shape index (κ3) is 5.89. The van der Waals surface area contributed by atoms with Crippen LogP contribution >= 0.6 is 0 Å². The van der Waals surface area contributed by atoms with E-state index in [4.69, 9.17) is 0 Å². The predicted molar refractivity (Wildman–Crippen MR) is 114 cm³/mol. The molecule has 3 rings (SSSR count). The van der Waals surface area contributed by atoms with Gasteiger partial charge in [-0.05, 0) is 86.8 Å². The Morgan fingerprint density at radius 2 is 1.33 bits per heavy atom. The van der Waals surface area contributed by atoms with Crippen molar-refractivity contribution < 1.29 is 8.78 Å². The van der Waals surface area contributed by atoms with Crippen LogP contribution in [-0.2, 0) is 6.42 Å². The maximum atomic E-state index is 13.6. The molecule has 0 bridgehead atoms. The van der Waals surface area contributed by atoms with Crippen LogP contribution in [0.15, 0.2) is 12.1 Å². The van der Waals surface area contributed by atoms with Crippen molar-refractivity contribution in [3.05, 3.63) is 34.9 Å². The monoisotopic (exact) mass is 392 g/mol. The van der Waals surface area contributed by atoms with Crippen molar-refractivity contribution in [2.75, 3.05) is 0 Å². The molecule has 0 N–H and O–H groups in total. The molecule has 2 aliphatic carbocycles. The van der Waals surface area contributed by atoms with Crippen molar-refractivity contribution in [1.29, 1.82) is 0 Å². The maximum Gasteiger partial charge on any atom is 0.129 e. The van der Waals surface area contributed by atoms with E-state index in [-0.39, 0.29) is 5.56 Å². The molecule has 0 aromatic heterocycles. The fourth-order valence-corrected chi connectivity index (χ4v) is 6.44. The second-order valence-corrected chi connectivity index (χ2v) is 10.2. The Bertz CT molecular complexity index is 561. The minimum Gasteiger partial charge on any atom is -0.207 e. The van der Waals surface area contributed by atoms with Crippen molar-refractivity contribution in [2.45, 2.75) is 90.0 Å². The molecule has 2 saturated carbocycles. The zero-order valence-corrected chi connectivity index (χ0v) is 19.4. The molecule has 2 aliphatic rings. The van der Waals surface area contributed by atoms with Gasteiger partial charge in [0.1, 0.15) is 11.6 Å². The number of halogens is 2. The largest absolute Gasteiger partial charge is 0.207 e. The lowest BCUT2D eigenvalue weighted by Crippen LogP contribution is -2.25. The second-order valence-electron chi connectivity index (χ2n) is 9.40. The average Bonchev–Trinajstić information content (AvgIpc) is 2.70.